The van der Waals surface area contributed by atoms with Crippen LogP contribution in [-0.4, -0.2) is 22.8 Å². The van der Waals surface area contributed by atoms with E-state index in [2.05, 4.69) is 5.32 Å². The third-order valence-corrected chi connectivity index (χ3v) is 5.56. The van der Waals surface area contributed by atoms with Crippen molar-refractivity contribution in [2.45, 2.75) is 39.4 Å². The fourth-order valence-electron chi connectivity index (χ4n) is 3.54. The maximum Gasteiger partial charge on any atom is 0.243 e. The minimum atomic E-state index is -0.625. The van der Waals surface area contributed by atoms with Crippen LogP contribution in [0.1, 0.15) is 30.5 Å². The number of halogens is 1. The van der Waals surface area contributed by atoms with Crippen LogP contribution < -0.4 is 5.32 Å². The van der Waals surface area contributed by atoms with Gasteiger partial charge < -0.3 is 10.2 Å². The molecule has 0 aromatic heterocycles. The zero-order valence-corrected chi connectivity index (χ0v) is 19.3. The highest BCUT2D eigenvalue weighted by Crippen LogP contribution is 2.18. The summed E-state index contributed by atoms with van der Waals surface area (Å²) < 4.78 is 0. The van der Waals surface area contributed by atoms with Gasteiger partial charge in [-0.05, 0) is 28.8 Å². The molecule has 4 nitrogen and oxygen atoms in total. The fraction of sp³-hybridized carbons (Fsp3) is 0.259. The highest BCUT2D eigenvalue weighted by Gasteiger charge is 2.31. The molecule has 0 aliphatic heterocycles. The quantitative estimate of drug-likeness (QED) is 0.486. The Labute approximate surface area is 195 Å². The number of amides is 2. The SMILES string of the molecule is CC(C)C(=O)N(Cc1ccccc1)C(Cc1ccccc1)C(=O)NCc1ccc(Cl)cc1. The van der Waals surface area contributed by atoms with Crippen LogP contribution in [0.25, 0.3) is 0 Å². The molecule has 0 heterocycles. The van der Waals surface area contributed by atoms with E-state index in [4.69, 9.17) is 11.6 Å². The Hall–Kier alpha value is -3.11. The summed E-state index contributed by atoms with van der Waals surface area (Å²) in [7, 11) is 0. The highest BCUT2D eigenvalue weighted by atomic mass is 35.5. The number of nitrogens with zero attached hydrogens (tertiary/aromatic N) is 1. The van der Waals surface area contributed by atoms with Crippen molar-refractivity contribution in [1.82, 2.24) is 10.2 Å². The van der Waals surface area contributed by atoms with E-state index in [9.17, 15) is 9.59 Å². The molecule has 0 spiro atoms. The molecule has 0 saturated heterocycles. The molecule has 2 amide bonds. The van der Waals surface area contributed by atoms with Crippen LogP contribution in [0.15, 0.2) is 84.9 Å². The third-order valence-electron chi connectivity index (χ3n) is 5.30. The van der Waals surface area contributed by atoms with Gasteiger partial charge in [-0.3, -0.25) is 9.59 Å². The van der Waals surface area contributed by atoms with Gasteiger partial charge in [0.1, 0.15) is 6.04 Å². The van der Waals surface area contributed by atoms with Crippen molar-refractivity contribution in [3.05, 3.63) is 107 Å². The molecule has 5 heteroatoms. The molecule has 1 atom stereocenters. The second kappa shape index (κ2) is 11.5. The zero-order valence-electron chi connectivity index (χ0n) is 18.5. The Balaban J connectivity index is 1.87. The summed E-state index contributed by atoms with van der Waals surface area (Å²) in [5.41, 5.74) is 2.95. The topological polar surface area (TPSA) is 49.4 Å². The average Bonchev–Trinajstić information content (AvgIpc) is 2.81. The van der Waals surface area contributed by atoms with Gasteiger partial charge in [0.05, 0.1) is 0 Å². The van der Waals surface area contributed by atoms with Crippen LogP contribution in [0, 0.1) is 5.92 Å². The Morgan fingerprint density at radius 1 is 0.812 bits per heavy atom. The van der Waals surface area contributed by atoms with E-state index in [1.54, 1.807) is 17.0 Å². The summed E-state index contributed by atoms with van der Waals surface area (Å²) in [5.74, 6) is -0.439. The molecule has 0 radical (unpaired) electrons. The first-order valence-electron chi connectivity index (χ1n) is 10.8. The second-order valence-corrected chi connectivity index (χ2v) is 8.59. The fourth-order valence-corrected chi connectivity index (χ4v) is 3.67. The highest BCUT2D eigenvalue weighted by molar-refractivity contribution is 6.30. The van der Waals surface area contributed by atoms with E-state index in [1.807, 2.05) is 86.6 Å². The van der Waals surface area contributed by atoms with Gasteiger partial charge in [-0.2, -0.15) is 0 Å². The van der Waals surface area contributed by atoms with Gasteiger partial charge in [-0.1, -0.05) is 98.2 Å². The van der Waals surface area contributed by atoms with Crippen molar-refractivity contribution in [2.75, 3.05) is 0 Å². The molecule has 3 aromatic rings. The van der Waals surface area contributed by atoms with E-state index >= 15 is 0 Å². The Kier molecular flexibility index (Phi) is 8.46. The number of nitrogens with one attached hydrogen (secondary N) is 1. The first-order chi connectivity index (χ1) is 15.4. The smallest absolute Gasteiger partial charge is 0.243 e. The molecule has 0 saturated carbocycles. The van der Waals surface area contributed by atoms with Crippen molar-refractivity contribution in [2.24, 2.45) is 5.92 Å². The number of hydrogen-bond acceptors (Lipinski definition) is 2. The molecule has 32 heavy (non-hydrogen) atoms. The summed E-state index contributed by atoms with van der Waals surface area (Å²) in [6.07, 6.45) is 0.443. The minimum Gasteiger partial charge on any atom is -0.350 e. The van der Waals surface area contributed by atoms with E-state index in [0.29, 0.717) is 24.5 Å². The minimum absolute atomic E-state index is 0.0450. The summed E-state index contributed by atoms with van der Waals surface area (Å²) in [6.45, 7) is 4.48. The molecule has 1 N–H and O–H groups in total. The summed E-state index contributed by atoms with van der Waals surface area (Å²) in [5, 5.41) is 3.67. The molecule has 0 aliphatic carbocycles. The van der Waals surface area contributed by atoms with Gasteiger partial charge in [0.15, 0.2) is 0 Å². The van der Waals surface area contributed by atoms with Crippen molar-refractivity contribution < 1.29 is 9.59 Å². The average molecular weight is 449 g/mol. The Bertz CT molecular complexity index is 1000. The van der Waals surface area contributed by atoms with Crippen LogP contribution in [0.4, 0.5) is 0 Å². The zero-order chi connectivity index (χ0) is 22.9. The monoisotopic (exact) mass is 448 g/mol. The largest absolute Gasteiger partial charge is 0.350 e. The van der Waals surface area contributed by atoms with Gasteiger partial charge in [-0.15, -0.1) is 0 Å². The van der Waals surface area contributed by atoms with Gasteiger partial charge in [0, 0.05) is 30.5 Å². The number of rotatable bonds is 9. The van der Waals surface area contributed by atoms with E-state index in [0.717, 1.165) is 16.7 Å². The molecule has 3 aromatic carbocycles. The predicted octanol–water partition coefficient (Wildman–Crippen LogP) is 5.25. The van der Waals surface area contributed by atoms with Crippen molar-refractivity contribution in [3.63, 3.8) is 0 Å². The normalized spacial score (nSPS) is 11.8. The second-order valence-electron chi connectivity index (χ2n) is 8.16. The van der Waals surface area contributed by atoms with Crippen molar-refractivity contribution in [1.29, 1.82) is 0 Å². The molecule has 0 bridgehead atoms. The number of carbonyl (C=O) groups excluding carboxylic acids is 2. The van der Waals surface area contributed by atoms with Gasteiger partial charge in [0.25, 0.3) is 0 Å². The lowest BCUT2D eigenvalue weighted by Crippen LogP contribution is -2.51. The molecule has 0 fully saturated rings. The van der Waals surface area contributed by atoms with Crippen molar-refractivity contribution >= 4 is 23.4 Å². The Morgan fingerprint density at radius 2 is 1.38 bits per heavy atom. The lowest BCUT2D eigenvalue weighted by Gasteiger charge is -2.32. The van der Waals surface area contributed by atoms with Crippen LogP contribution >= 0.6 is 11.6 Å². The van der Waals surface area contributed by atoms with Gasteiger partial charge in [-0.25, -0.2) is 0 Å². The molecule has 0 aliphatic rings. The maximum atomic E-state index is 13.4. The van der Waals surface area contributed by atoms with E-state index < -0.39 is 6.04 Å². The molecule has 3 rings (SSSR count). The number of carbonyl (C=O) groups is 2. The predicted molar refractivity (Wildman–Crippen MR) is 129 cm³/mol. The van der Waals surface area contributed by atoms with Crippen molar-refractivity contribution in [3.8, 4) is 0 Å². The van der Waals surface area contributed by atoms with Gasteiger partial charge in [0.2, 0.25) is 11.8 Å². The van der Waals surface area contributed by atoms with E-state index in [-0.39, 0.29) is 17.7 Å². The lowest BCUT2D eigenvalue weighted by atomic mass is 10.0. The molecule has 166 valence electrons. The first kappa shape index (κ1) is 23.6. The number of hydrogen-bond donors (Lipinski definition) is 1. The number of benzene rings is 3. The third kappa shape index (κ3) is 6.69. The maximum absolute atomic E-state index is 13.4. The van der Waals surface area contributed by atoms with Crippen LogP contribution in [-0.2, 0) is 29.1 Å². The van der Waals surface area contributed by atoms with Crippen LogP contribution in [0.5, 0.6) is 0 Å². The van der Waals surface area contributed by atoms with Gasteiger partial charge >= 0.3 is 0 Å². The molecule has 1 unspecified atom stereocenters. The van der Waals surface area contributed by atoms with E-state index in [1.165, 1.54) is 0 Å². The lowest BCUT2D eigenvalue weighted by molar-refractivity contribution is -0.143. The van der Waals surface area contributed by atoms with Crippen LogP contribution in [0.3, 0.4) is 0 Å². The molecular weight excluding hydrogens is 420 g/mol. The summed E-state index contributed by atoms with van der Waals surface area (Å²) in [4.78, 5) is 28.4. The molecular formula is C27H29ClN2O2. The Morgan fingerprint density at radius 3 is 1.94 bits per heavy atom. The summed E-state index contributed by atoms with van der Waals surface area (Å²) in [6, 6.07) is 26.3. The first-order valence-corrected chi connectivity index (χ1v) is 11.2. The standard InChI is InChI=1S/C27H29ClN2O2/c1-20(2)27(32)30(19-23-11-7-4-8-12-23)25(17-21-9-5-3-6-10-21)26(31)29-18-22-13-15-24(28)16-14-22/h3-16,20,25H,17-19H2,1-2H3,(H,29,31). The summed E-state index contributed by atoms with van der Waals surface area (Å²) >= 11 is 5.97. The van der Waals surface area contributed by atoms with Crippen LogP contribution in [0.2, 0.25) is 5.02 Å².